The molecular weight excluding hydrogens is 91.1 g/mol. The van der Waals surface area contributed by atoms with Crippen LogP contribution in [0.3, 0.4) is 0 Å². The zero-order valence-electron chi connectivity index (χ0n) is 4.58. The zero-order chi connectivity index (χ0) is 5.70. The van der Waals surface area contributed by atoms with Crippen molar-refractivity contribution in [2.24, 2.45) is 0 Å². The number of allylic oxidation sites excluding steroid dienone is 1. The van der Waals surface area contributed by atoms with Crippen molar-refractivity contribution in [1.82, 2.24) is 0 Å². The molecule has 0 saturated heterocycles. The summed E-state index contributed by atoms with van der Waals surface area (Å²) < 4.78 is 11.4. The van der Waals surface area contributed by atoms with E-state index in [-0.39, 0.29) is 0 Å². The van der Waals surface area contributed by atoms with Crippen LogP contribution in [-0.2, 0) is 0 Å². The van der Waals surface area contributed by atoms with Gasteiger partial charge in [-0.15, -0.1) is 0 Å². The van der Waals surface area contributed by atoms with Crippen LogP contribution in [-0.4, -0.2) is 0 Å². The van der Waals surface area contributed by atoms with Gasteiger partial charge in [-0.3, -0.25) is 0 Å². The van der Waals surface area contributed by atoms with E-state index in [0.717, 1.165) is 18.4 Å². The van der Waals surface area contributed by atoms with Gasteiger partial charge >= 0.3 is 0 Å². The minimum Gasteiger partial charge on any atom is -0.216 e. The Morgan fingerprint density at radius 1 is 1.86 bits per heavy atom. The molecule has 0 aromatic heterocycles. The highest BCUT2D eigenvalue weighted by atomic mass is 19.1. The monoisotopic (exact) mass is 101 g/mol. The summed E-state index contributed by atoms with van der Waals surface area (Å²) in [6, 6.07) is 0. The maximum absolute atomic E-state index is 11.4. The van der Waals surface area contributed by atoms with Gasteiger partial charge in [0.15, 0.2) is 0 Å². The first-order chi connectivity index (χ1) is 3.31. The molecule has 0 aliphatic rings. The van der Waals surface area contributed by atoms with Crippen molar-refractivity contribution in [1.29, 1.82) is 0 Å². The lowest BCUT2D eigenvalue weighted by atomic mass is 10.2. The molecule has 0 N–H and O–H groups in total. The topological polar surface area (TPSA) is 0 Å². The van der Waals surface area contributed by atoms with E-state index in [1.54, 1.807) is 6.92 Å². The van der Waals surface area contributed by atoms with Gasteiger partial charge in [0.2, 0.25) is 0 Å². The first-order valence-electron chi connectivity index (χ1n) is 2.36. The fourth-order valence-electron chi connectivity index (χ4n) is 0.333. The van der Waals surface area contributed by atoms with Crippen LogP contribution in [0, 0.1) is 6.92 Å². The summed E-state index contributed by atoms with van der Waals surface area (Å²) in [6.45, 7) is 5.32. The van der Waals surface area contributed by atoms with Crippen LogP contribution in [0.4, 0.5) is 4.39 Å². The van der Waals surface area contributed by atoms with Crippen molar-refractivity contribution >= 4 is 0 Å². The van der Waals surface area contributed by atoms with Gasteiger partial charge in [0.25, 0.3) is 0 Å². The summed E-state index contributed by atoms with van der Waals surface area (Å²) in [5, 5.41) is 0. The second-order valence-corrected chi connectivity index (χ2v) is 1.56. The maximum atomic E-state index is 11.4. The third kappa shape index (κ3) is 3.50. The van der Waals surface area contributed by atoms with E-state index in [4.69, 9.17) is 0 Å². The number of halogens is 1. The normalized spacial score (nSPS) is 12.1. The smallest absolute Gasteiger partial charge is 0.0856 e. The Morgan fingerprint density at radius 3 is 2.57 bits per heavy atom. The van der Waals surface area contributed by atoms with Crippen LogP contribution in [0.15, 0.2) is 11.9 Å². The fraction of sp³-hybridized carbons (Fsp3) is 0.500. The minimum atomic E-state index is 0.630. The largest absolute Gasteiger partial charge is 0.216 e. The van der Waals surface area contributed by atoms with Crippen molar-refractivity contribution in [3.63, 3.8) is 0 Å². The van der Waals surface area contributed by atoms with E-state index < -0.39 is 0 Å². The first kappa shape index (κ1) is 6.67. The Labute approximate surface area is 44.0 Å². The molecule has 1 heteroatoms. The van der Waals surface area contributed by atoms with E-state index in [0.29, 0.717) is 6.33 Å². The lowest BCUT2D eigenvalue weighted by molar-refractivity contribution is 0.699. The Kier molecular flexibility index (Phi) is 3.67. The van der Waals surface area contributed by atoms with Crippen molar-refractivity contribution < 1.29 is 4.39 Å². The van der Waals surface area contributed by atoms with Gasteiger partial charge in [-0.05, 0) is 25.3 Å². The standard InChI is InChI=1S/C6H10F/c1-3-4-6(2)5-7/h5H,1,3-4H2,2H3. The fourth-order valence-corrected chi connectivity index (χ4v) is 0.333. The molecule has 1 radical (unpaired) electrons. The first-order valence-corrected chi connectivity index (χ1v) is 2.36. The Morgan fingerprint density at radius 2 is 2.43 bits per heavy atom. The zero-order valence-corrected chi connectivity index (χ0v) is 4.58. The van der Waals surface area contributed by atoms with Gasteiger partial charge in [0, 0.05) is 0 Å². The molecule has 0 heterocycles. The molecule has 0 nitrogen and oxygen atoms in total. The average molecular weight is 101 g/mol. The minimum absolute atomic E-state index is 0.630. The summed E-state index contributed by atoms with van der Waals surface area (Å²) in [7, 11) is 0. The Balaban J connectivity index is 3.17. The maximum Gasteiger partial charge on any atom is 0.0856 e. The third-order valence-electron chi connectivity index (χ3n) is 0.757. The number of hydrogen-bond donors (Lipinski definition) is 0. The average Bonchev–Trinajstić information content (AvgIpc) is 1.68. The van der Waals surface area contributed by atoms with E-state index in [1.807, 2.05) is 0 Å². The predicted octanol–water partition coefficient (Wildman–Crippen LogP) is 2.47. The molecule has 7 heavy (non-hydrogen) atoms. The van der Waals surface area contributed by atoms with Crippen LogP contribution in [0.25, 0.3) is 0 Å². The molecule has 0 aromatic rings. The third-order valence-corrected chi connectivity index (χ3v) is 0.757. The molecule has 0 aliphatic heterocycles. The predicted molar refractivity (Wildman–Crippen MR) is 29.5 cm³/mol. The molecule has 0 spiro atoms. The van der Waals surface area contributed by atoms with Gasteiger partial charge in [-0.2, -0.15) is 0 Å². The van der Waals surface area contributed by atoms with E-state index >= 15 is 0 Å². The second-order valence-electron chi connectivity index (χ2n) is 1.56. The van der Waals surface area contributed by atoms with Gasteiger partial charge in [-0.25, -0.2) is 4.39 Å². The summed E-state index contributed by atoms with van der Waals surface area (Å²) in [4.78, 5) is 0. The van der Waals surface area contributed by atoms with Gasteiger partial charge in [0.1, 0.15) is 0 Å². The summed E-state index contributed by atoms with van der Waals surface area (Å²) >= 11 is 0. The summed E-state index contributed by atoms with van der Waals surface area (Å²) in [5.41, 5.74) is 0.773. The summed E-state index contributed by atoms with van der Waals surface area (Å²) in [5.74, 6) is 0. The Hall–Kier alpha value is -0.330. The molecule has 41 valence electrons. The van der Waals surface area contributed by atoms with Crippen molar-refractivity contribution in [3.05, 3.63) is 18.8 Å². The highest BCUT2D eigenvalue weighted by Crippen LogP contribution is 2.01. The van der Waals surface area contributed by atoms with E-state index in [2.05, 4.69) is 6.92 Å². The highest BCUT2D eigenvalue weighted by Gasteiger charge is 1.82. The summed E-state index contributed by atoms with van der Waals surface area (Å²) in [6.07, 6.45) is 2.19. The molecule has 0 saturated carbocycles. The SMILES string of the molecule is [CH2]CCC(C)=CF. The van der Waals surface area contributed by atoms with Crippen LogP contribution < -0.4 is 0 Å². The van der Waals surface area contributed by atoms with Crippen LogP contribution in [0.1, 0.15) is 19.8 Å². The Bertz CT molecular complexity index is 64.6. The van der Waals surface area contributed by atoms with Crippen molar-refractivity contribution in [2.45, 2.75) is 19.8 Å². The second kappa shape index (κ2) is 3.85. The molecule has 0 unspecified atom stereocenters. The molecule has 0 aromatic carbocycles. The van der Waals surface area contributed by atoms with Gasteiger partial charge < -0.3 is 0 Å². The molecule has 0 amide bonds. The van der Waals surface area contributed by atoms with Crippen LogP contribution in [0.5, 0.6) is 0 Å². The van der Waals surface area contributed by atoms with Crippen LogP contribution >= 0.6 is 0 Å². The lowest BCUT2D eigenvalue weighted by Gasteiger charge is -1.88. The van der Waals surface area contributed by atoms with Crippen molar-refractivity contribution in [2.75, 3.05) is 0 Å². The number of rotatable bonds is 2. The molecular formula is C6H10F. The van der Waals surface area contributed by atoms with Gasteiger partial charge in [-0.1, -0.05) is 6.92 Å². The van der Waals surface area contributed by atoms with Gasteiger partial charge in [0.05, 0.1) is 6.33 Å². The van der Waals surface area contributed by atoms with Crippen molar-refractivity contribution in [3.8, 4) is 0 Å². The highest BCUT2D eigenvalue weighted by molar-refractivity contribution is 4.91. The molecule has 0 rings (SSSR count). The molecule has 0 atom stereocenters. The molecule has 0 aliphatic carbocycles. The lowest BCUT2D eigenvalue weighted by Crippen LogP contribution is -1.70. The number of hydrogen-bond acceptors (Lipinski definition) is 0. The molecule has 0 fully saturated rings. The van der Waals surface area contributed by atoms with E-state index in [1.165, 1.54) is 0 Å². The van der Waals surface area contributed by atoms with E-state index in [9.17, 15) is 4.39 Å². The molecule has 0 bridgehead atoms. The quantitative estimate of drug-likeness (QED) is 0.501. The van der Waals surface area contributed by atoms with Crippen LogP contribution in [0.2, 0.25) is 0 Å².